The molecule has 0 aliphatic carbocycles. The third-order valence-electron chi connectivity index (χ3n) is 3.77. The van der Waals surface area contributed by atoms with E-state index in [0.717, 1.165) is 10.5 Å². The van der Waals surface area contributed by atoms with Crippen LogP contribution < -0.4 is 10.0 Å². The topological polar surface area (TPSA) is 108 Å². The third-order valence-corrected chi connectivity index (χ3v) is 5.57. The number of benzene rings is 1. The number of hydrogen-bond acceptors (Lipinski definition) is 5. The van der Waals surface area contributed by atoms with Gasteiger partial charge in [0.2, 0.25) is 21.8 Å². The number of nitrogens with zero attached hydrogens (tertiary/aromatic N) is 2. The van der Waals surface area contributed by atoms with Crippen LogP contribution in [0.2, 0.25) is 5.02 Å². The Morgan fingerprint density at radius 3 is 2.46 bits per heavy atom. The number of nitrogens with one attached hydrogen (secondary N) is 2. The number of likely N-dealkylation sites (N-methyl/N-ethyl adjacent to an activating group) is 1. The van der Waals surface area contributed by atoms with E-state index in [0.29, 0.717) is 10.8 Å². The molecule has 0 unspecified atom stereocenters. The summed E-state index contributed by atoms with van der Waals surface area (Å²) >= 11 is 5.76. The fourth-order valence-corrected chi connectivity index (χ4v) is 3.70. The normalized spacial score (nSPS) is 12.3. The molecule has 8 nitrogen and oxygen atoms in total. The summed E-state index contributed by atoms with van der Waals surface area (Å²) in [7, 11) is -2.49. The number of sulfonamides is 1. The van der Waals surface area contributed by atoms with Gasteiger partial charge in [0.05, 0.1) is 17.5 Å². The van der Waals surface area contributed by atoms with E-state index < -0.39 is 27.9 Å². The first-order valence-electron chi connectivity index (χ1n) is 8.34. The van der Waals surface area contributed by atoms with E-state index in [4.69, 9.17) is 11.6 Å². The summed E-state index contributed by atoms with van der Waals surface area (Å²) in [5.41, 5.74) is 0.931. The van der Waals surface area contributed by atoms with Crippen LogP contribution in [0.5, 0.6) is 0 Å². The van der Waals surface area contributed by atoms with Gasteiger partial charge in [-0.15, -0.1) is 0 Å². The maximum Gasteiger partial charge on any atom is 0.245 e. The van der Waals surface area contributed by atoms with Crippen molar-refractivity contribution >= 4 is 39.3 Å². The monoisotopic (exact) mass is 424 g/mol. The van der Waals surface area contributed by atoms with Crippen molar-refractivity contribution in [3.05, 3.63) is 53.2 Å². The molecule has 0 saturated carbocycles. The molecule has 0 spiro atoms. The van der Waals surface area contributed by atoms with E-state index in [9.17, 15) is 18.0 Å². The summed E-state index contributed by atoms with van der Waals surface area (Å²) in [6, 6.07) is 8.00. The molecular weight excluding hydrogens is 404 g/mol. The largest absolute Gasteiger partial charge is 0.335 e. The lowest BCUT2D eigenvalue weighted by Crippen LogP contribution is -2.47. The molecular formula is C18H21ClN4O4S. The maximum atomic E-state index is 12.4. The molecule has 2 N–H and O–H groups in total. The van der Waals surface area contributed by atoms with Crippen molar-refractivity contribution in [2.24, 2.45) is 0 Å². The Morgan fingerprint density at radius 2 is 1.86 bits per heavy atom. The van der Waals surface area contributed by atoms with Gasteiger partial charge >= 0.3 is 0 Å². The predicted octanol–water partition coefficient (Wildman–Crippen LogP) is 1.81. The first-order chi connectivity index (χ1) is 13.1. The molecule has 0 aliphatic heterocycles. The number of halogens is 1. The minimum atomic E-state index is -3.90. The molecule has 2 aromatic rings. The second-order valence-corrected chi connectivity index (χ2v) is 8.41. The average Bonchev–Trinajstić information content (AvgIpc) is 2.60. The van der Waals surface area contributed by atoms with Crippen LogP contribution in [-0.2, 0) is 19.6 Å². The second-order valence-electron chi connectivity index (χ2n) is 6.26. The molecule has 0 fully saturated rings. The Bertz CT molecular complexity index is 964. The molecule has 150 valence electrons. The van der Waals surface area contributed by atoms with E-state index in [1.807, 2.05) is 6.92 Å². The van der Waals surface area contributed by atoms with Crippen molar-refractivity contribution in [1.29, 1.82) is 0 Å². The van der Waals surface area contributed by atoms with Gasteiger partial charge in [0.15, 0.2) is 0 Å². The van der Waals surface area contributed by atoms with Crippen LogP contribution >= 0.6 is 11.6 Å². The number of hydrogen-bond donors (Lipinski definition) is 2. The number of anilines is 1. The molecule has 28 heavy (non-hydrogen) atoms. The van der Waals surface area contributed by atoms with Gasteiger partial charge in [-0.3, -0.25) is 9.59 Å². The molecule has 10 heteroatoms. The molecule has 0 saturated heterocycles. The maximum absolute atomic E-state index is 12.4. The van der Waals surface area contributed by atoms with Crippen molar-refractivity contribution in [3.63, 3.8) is 0 Å². The zero-order chi connectivity index (χ0) is 20.9. The Kier molecular flexibility index (Phi) is 7.11. The molecule has 0 radical (unpaired) electrons. The van der Waals surface area contributed by atoms with Gasteiger partial charge in [-0.05, 0) is 55.8 Å². The standard InChI is InChI=1S/C18H21ClN4O4S/c1-12-8-9-20-16(10-12)21-17(24)11-23(3)18(25)13(2)22-28(26,27)15-6-4-14(19)5-7-15/h4-10,13,22H,11H2,1-3H3,(H,20,21,24)/t13-/m0/s1. The Balaban J connectivity index is 1.96. The molecule has 0 aliphatic rings. The molecule has 2 amide bonds. The van der Waals surface area contributed by atoms with E-state index >= 15 is 0 Å². The summed E-state index contributed by atoms with van der Waals surface area (Å²) in [6.07, 6.45) is 1.56. The third kappa shape index (κ3) is 6.01. The highest BCUT2D eigenvalue weighted by Crippen LogP contribution is 2.14. The van der Waals surface area contributed by atoms with E-state index in [-0.39, 0.29) is 11.4 Å². The average molecular weight is 425 g/mol. The zero-order valence-electron chi connectivity index (χ0n) is 15.6. The lowest BCUT2D eigenvalue weighted by Gasteiger charge is -2.21. The number of aryl methyl sites for hydroxylation is 1. The number of pyridine rings is 1. The van der Waals surface area contributed by atoms with Crippen LogP contribution in [0.3, 0.4) is 0 Å². The number of aromatic nitrogens is 1. The first kappa shape index (κ1) is 21.8. The number of rotatable bonds is 7. The van der Waals surface area contributed by atoms with Crippen LogP contribution in [0.15, 0.2) is 47.5 Å². The van der Waals surface area contributed by atoms with Crippen LogP contribution in [0.4, 0.5) is 5.82 Å². The fourth-order valence-electron chi connectivity index (χ4n) is 2.38. The summed E-state index contributed by atoms with van der Waals surface area (Å²) in [5, 5.41) is 2.99. The Hall–Kier alpha value is -2.49. The lowest BCUT2D eigenvalue weighted by atomic mass is 10.3. The molecule has 1 aromatic carbocycles. The molecule has 1 atom stereocenters. The SMILES string of the molecule is Cc1ccnc(NC(=O)CN(C)C(=O)[C@H](C)NS(=O)(=O)c2ccc(Cl)cc2)c1. The van der Waals surface area contributed by atoms with Crippen molar-refractivity contribution < 1.29 is 18.0 Å². The van der Waals surface area contributed by atoms with Crippen LogP contribution in [0.1, 0.15) is 12.5 Å². The second kappa shape index (κ2) is 9.13. The summed E-state index contributed by atoms with van der Waals surface area (Å²) < 4.78 is 27.0. The zero-order valence-corrected chi connectivity index (χ0v) is 17.2. The molecule has 2 rings (SSSR count). The van der Waals surface area contributed by atoms with Gasteiger partial charge in [-0.25, -0.2) is 13.4 Å². The predicted molar refractivity (Wildman–Crippen MR) is 106 cm³/mol. The van der Waals surface area contributed by atoms with E-state index in [2.05, 4.69) is 15.0 Å². The first-order valence-corrected chi connectivity index (χ1v) is 10.2. The highest BCUT2D eigenvalue weighted by atomic mass is 35.5. The number of carbonyl (C=O) groups excluding carboxylic acids is 2. The van der Waals surface area contributed by atoms with Gasteiger partial charge in [-0.2, -0.15) is 4.72 Å². The van der Waals surface area contributed by atoms with Gasteiger partial charge in [0.1, 0.15) is 5.82 Å². The fraction of sp³-hybridized carbons (Fsp3) is 0.278. The quantitative estimate of drug-likeness (QED) is 0.704. The van der Waals surface area contributed by atoms with Crippen molar-refractivity contribution in [2.75, 3.05) is 18.9 Å². The van der Waals surface area contributed by atoms with Crippen molar-refractivity contribution in [3.8, 4) is 0 Å². The van der Waals surface area contributed by atoms with E-state index in [1.165, 1.54) is 38.2 Å². The van der Waals surface area contributed by atoms with Gasteiger partial charge in [0.25, 0.3) is 0 Å². The summed E-state index contributed by atoms with van der Waals surface area (Å²) in [5.74, 6) is -0.617. The minimum Gasteiger partial charge on any atom is -0.335 e. The van der Waals surface area contributed by atoms with Crippen LogP contribution in [0, 0.1) is 6.92 Å². The number of amides is 2. The van der Waals surface area contributed by atoms with Gasteiger partial charge in [-0.1, -0.05) is 11.6 Å². The van der Waals surface area contributed by atoms with Crippen molar-refractivity contribution in [2.45, 2.75) is 24.8 Å². The Morgan fingerprint density at radius 1 is 1.21 bits per heavy atom. The molecule has 1 heterocycles. The minimum absolute atomic E-state index is 0.0116. The highest BCUT2D eigenvalue weighted by molar-refractivity contribution is 7.89. The van der Waals surface area contributed by atoms with Crippen molar-refractivity contribution in [1.82, 2.24) is 14.6 Å². The lowest BCUT2D eigenvalue weighted by molar-refractivity contribution is -0.134. The smallest absolute Gasteiger partial charge is 0.245 e. The Labute approximate surface area is 169 Å². The molecule has 0 bridgehead atoms. The van der Waals surface area contributed by atoms with Gasteiger partial charge in [0, 0.05) is 18.3 Å². The highest BCUT2D eigenvalue weighted by Gasteiger charge is 2.25. The summed E-state index contributed by atoms with van der Waals surface area (Å²) in [4.78, 5) is 29.7. The summed E-state index contributed by atoms with van der Waals surface area (Å²) in [6.45, 7) is 3.02. The van der Waals surface area contributed by atoms with Gasteiger partial charge < -0.3 is 10.2 Å². The van der Waals surface area contributed by atoms with E-state index in [1.54, 1.807) is 18.3 Å². The number of carbonyl (C=O) groups is 2. The van der Waals surface area contributed by atoms with Crippen LogP contribution in [-0.4, -0.2) is 49.8 Å². The van der Waals surface area contributed by atoms with Crippen LogP contribution in [0.25, 0.3) is 0 Å². The molecule has 1 aromatic heterocycles.